The van der Waals surface area contributed by atoms with Crippen LogP contribution in [0.5, 0.6) is 0 Å². The van der Waals surface area contributed by atoms with Gasteiger partial charge in [0.15, 0.2) is 0 Å². The maximum atomic E-state index is 13.6. The fourth-order valence-electron chi connectivity index (χ4n) is 1.69. The van der Waals surface area contributed by atoms with E-state index in [0.717, 1.165) is 13.0 Å². The van der Waals surface area contributed by atoms with E-state index in [1.807, 2.05) is 0 Å². The molecule has 1 atom stereocenters. The number of hydrogen-bond acceptors (Lipinski definition) is 2. The predicted octanol–water partition coefficient (Wildman–Crippen LogP) is 1.19. The number of aliphatic hydroxyl groups is 1. The number of alkyl halides is 1. The van der Waals surface area contributed by atoms with Crippen LogP contribution in [0, 0.1) is 0 Å². The Labute approximate surface area is 73.4 Å². The van der Waals surface area contributed by atoms with E-state index in [0.29, 0.717) is 19.0 Å². The molecule has 1 heterocycles. The Morgan fingerprint density at radius 1 is 1.58 bits per heavy atom. The molecule has 72 valence electrons. The highest BCUT2D eigenvalue weighted by Crippen LogP contribution is 2.25. The Bertz CT molecular complexity index is 151. The average molecular weight is 175 g/mol. The predicted molar refractivity (Wildman–Crippen MR) is 46.9 cm³/mol. The SMILES string of the molecule is CC(C)N1CCC[C@](F)(CO)C1. The van der Waals surface area contributed by atoms with Crippen LogP contribution in [0.2, 0.25) is 0 Å². The third kappa shape index (κ3) is 2.17. The number of halogens is 1. The van der Waals surface area contributed by atoms with Crippen LogP contribution >= 0.6 is 0 Å². The van der Waals surface area contributed by atoms with Gasteiger partial charge < -0.3 is 5.11 Å². The largest absolute Gasteiger partial charge is 0.393 e. The molecule has 0 amide bonds. The third-order valence-corrected chi connectivity index (χ3v) is 2.57. The van der Waals surface area contributed by atoms with Crippen molar-refractivity contribution in [3.8, 4) is 0 Å². The summed E-state index contributed by atoms with van der Waals surface area (Å²) in [6, 6.07) is 0.381. The summed E-state index contributed by atoms with van der Waals surface area (Å²) in [5.74, 6) is 0. The zero-order valence-electron chi connectivity index (χ0n) is 7.89. The molecule has 1 aliphatic rings. The molecule has 0 spiro atoms. The van der Waals surface area contributed by atoms with E-state index in [1.165, 1.54) is 0 Å². The van der Waals surface area contributed by atoms with Gasteiger partial charge in [0.25, 0.3) is 0 Å². The maximum Gasteiger partial charge on any atom is 0.146 e. The zero-order chi connectivity index (χ0) is 9.19. The molecule has 1 saturated heterocycles. The fraction of sp³-hybridized carbons (Fsp3) is 1.00. The normalized spacial score (nSPS) is 32.8. The van der Waals surface area contributed by atoms with Crippen LogP contribution < -0.4 is 0 Å². The first kappa shape index (κ1) is 9.93. The van der Waals surface area contributed by atoms with Crippen molar-refractivity contribution in [3.05, 3.63) is 0 Å². The minimum atomic E-state index is -1.34. The highest BCUT2D eigenvalue weighted by Gasteiger charge is 2.35. The second kappa shape index (κ2) is 3.71. The molecular formula is C9H18FNO. The van der Waals surface area contributed by atoms with Crippen LogP contribution in [0.1, 0.15) is 26.7 Å². The first-order valence-electron chi connectivity index (χ1n) is 4.61. The Morgan fingerprint density at radius 3 is 2.75 bits per heavy atom. The van der Waals surface area contributed by atoms with Gasteiger partial charge in [-0.2, -0.15) is 0 Å². The van der Waals surface area contributed by atoms with Gasteiger partial charge in [0.05, 0.1) is 6.61 Å². The smallest absolute Gasteiger partial charge is 0.146 e. The minimum Gasteiger partial charge on any atom is -0.393 e. The van der Waals surface area contributed by atoms with Gasteiger partial charge in [0.2, 0.25) is 0 Å². The van der Waals surface area contributed by atoms with Crippen molar-refractivity contribution in [2.75, 3.05) is 19.7 Å². The van der Waals surface area contributed by atoms with Crippen molar-refractivity contribution >= 4 is 0 Å². The quantitative estimate of drug-likeness (QED) is 0.681. The van der Waals surface area contributed by atoms with Crippen molar-refractivity contribution in [1.82, 2.24) is 4.90 Å². The number of hydrogen-bond donors (Lipinski definition) is 1. The molecule has 0 aromatic heterocycles. The highest BCUT2D eigenvalue weighted by atomic mass is 19.1. The lowest BCUT2D eigenvalue weighted by molar-refractivity contribution is -0.0111. The molecule has 0 aromatic rings. The number of aliphatic hydroxyl groups excluding tert-OH is 1. The molecule has 0 radical (unpaired) electrons. The second-order valence-electron chi connectivity index (χ2n) is 3.98. The summed E-state index contributed by atoms with van der Waals surface area (Å²) in [6.45, 7) is 5.13. The molecule has 2 nitrogen and oxygen atoms in total. The highest BCUT2D eigenvalue weighted by molar-refractivity contribution is 4.87. The van der Waals surface area contributed by atoms with Crippen molar-refractivity contribution < 1.29 is 9.50 Å². The Balaban J connectivity index is 2.51. The summed E-state index contributed by atoms with van der Waals surface area (Å²) in [5.41, 5.74) is -1.34. The second-order valence-corrected chi connectivity index (χ2v) is 3.98. The van der Waals surface area contributed by atoms with Crippen LogP contribution in [0.15, 0.2) is 0 Å². The monoisotopic (exact) mass is 175 g/mol. The Kier molecular flexibility index (Phi) is 3.07. The maximum absolute atomic E-state index is 13.6. The van der Waals surface area contributed by atoms with Crippen LogP contribution in [0.4, 0.5) is 4.39 Å². The Hall–Kier alpha value is -0.150. The molecule has 1 aliphatic heterocycles. The Morgan fingerprint density at radius 2 is 2.25 bits per heavy atom. The average Bonchev–Trinajstić information content (AvgIpc) is 2.05. The van der Waals surface area contributed by atoms with Gasteiger partial charge in [-0.25, -0.2) is 4.39 Å². The molecule has 1 fully saturated rings. The number of piperidine rings is 1. The topological polar surface area (TPSA) is 23.5 Å². The van der Waals surface area contributed by atoms with Gasteiger partial charge >= 0.3 is 0 Å². The summed E-state index contributed by atoms with van der Waals surface area (Å²) in [7, 11) is 0. The summed E-state index contributed by atoms with van der Waals surface area (Å²) in [6.07, 6.45) is 1.36. The summed E-state index contributed by atoms with van der Waals surface area (Å²) in [4.78, 5) is 2.08. The fourth-order valence-corrected chi connectivity index (χ4v) is 1.69. The van der Waals surface area contributed by atoms with Gasteiger partial charge in [0.1, 0.15) is 5.67 Å². The molecule has 3 heteroatoms. The van der Waals surface area contributed by atoms with Gasteiger partial charge in [-0.05, 0) is 33.2 Å². The summed E-state index contributed by atoms with van der Waals surface area (Å²) < 4.78 is 13.6. The van der Waals surface area contributed by atoms with E-state index in [1.54, 1.807) is 0 Å². The minimum absolute atomic E-state index is 0.337. The third-order valence-electron chi connectivity index (χ3n) is 2.57. The van der Waals surface area contributed by atoms with E-state index >= 15 is 0 Å². The van der Waals surface area contributed by atoms with Crippen LogP contribution in [0.3, 0.4) is 0 Å². The van der Waals surface area contributed by atoms with Crippen molar-refractivity contribution in [2.45, 2.75) is 38.4 Å². The van der Waals surface area contributed by atoms with E-state index in [4.69, 9.17) is 5.11 Å². The zero-order valence-corrected chi connectivity index (χ0v) is 7.89. The van der Waals surface area contributed by atoms with Crippen molar-refractivity contribution in [2.24, 2.45) is 0 Å². The lowest BCUT2D eigenvalue weighted by atomic mass is 9.95. The molecule has 12 heavy (non-hydrogen) atoms. The molecule has 0 aromatic carbocycles. The summed E-state index contributed by atoms with van der Waals surface area (Å²) in [5, 5.41) is 8.85. The molecular weight excluding hydrogens is 157 g/mol. The van der Waals surface area contributed by atoms with E-state index in [-0.39, 0.29) is 6.61 Å². The van der Waals surface area contributed by atoms with E-state index in [9.17, 15) is 4.39 Å². The summed E-state index contributed by atoms with van der Waals surface area (Å²) >= 11 is 0. The van der Waals surface area contributed by atoms with Crippen LogP contribution in [-0.4, -0.2) is 41.4 Å². The van der Waals surface area contributed by atoms with Gasteiger partial charge in [-0.3, -0.25) is 4.90 Å². The number of rotatable bonds is 2. The molecule has 0 bridgehead atoms. The van der Waals surface area contributed by atoms with E-state index < -0.39 is 5.67 Å². The molecule has 1 N–H and O–H groups in total. The van der Waals surface area contributed by atoms with Gasteiger partial charge in [-0.1, -0.05) is 0 Å². The van der Waals surface area contributed by atoms with Crippen LogP contribution in [0.25, 0.3) is 0 Å². The first-order chi connectivity index (χ1) is 5.57. The molecule has 0 aliphatic carbocycles. The number of likely N-dealkylation sites (tertiary alicyclic amines) is 1. The standard InChI is InChI=1S/C9H18FNO/c1-8(2)11-5-3-4-9(10,6-11)7-12/h8,12H,3-7H2,1-2H3/t9-/m1/s1. The van der Waals surface area contributed by atoms with Gasteiger partial charge in [0, 0.05) is 12.6 Å². The van der Waals surface area contributed by atoms with Crippen LogP contribution in [-0.2, 0) is 0 Å². The van der Waals surface area contributed by atoms with E-state index in [2.05, 4.69) is 18.7 Å². The lowest BCUT2D eigenvalue weighted by Gasteiger charge is -2.38. The van der Waals surface area contributed by atoms with Gasteiger partial charge in [-0.15, -0.1) is 0 Å². The lowest BCUT2D eigenvalue weighted by Crippen LogP contribution is -2.49. The molecule has 0 unspecified atom stereocenters. The number of nitrogens with zero attached hydrogens (tertiary/aromatic N) is 1. The molecule has 0 saturated carbocycles. The molecule has 1 rings (SSSR count). The van der Waals surface area contributed by atoms with Crippen molar-refractivity contribution in [3.63, 3.8) is 0 Å². The first-order valence-corrected chi connectivity index (χ1v) is 4.61. The van der Waals surface area contributed by atoms with Crippen molar-refractivity contribution in [1.29, 1.82) is 0 Å².